The molecule has 0 aliphatic carbocycles. The number of anilines is 1. The highest BCUT2D eigenvalue weighted by Gasteiger charge is 2.39. The number of likely N-dealkylation sites (N-methyl/N-ethyl adjacent to an activating group) is 1. The molecule has 4 amide bonds. The fourth-order valence-corrected chi connectivity index (χ4v) is 4.74. The van der Waals surface area contributed by atoms with Crippen LogP contribution in [-0.4, -0.2) is 97.4 Å². The Bertz CT molecular complexity index is 956. The largest absolute Gasteiger partial charge is 0.375 e. The topological polar surface area (TPSA) is 129 Å². The van der Waals surface area contributed by atoms with Gasteiger partial charge in [-0.15, -0.1) is 0 Å². The van der Waals surface area contributed by atoms with Crippen LogP contribution in [0.3, 0.4) is 0 Å². The Labute approximate surface area is 199 Å². The number of hydrogen-bond acceptors (Lipinski definition) is 7. The van der Waals surface area contributed by atoms with Gasteiger partial charge in [0, 0.05) is 52.6 Å². The van der Waals surface area contributed by atoms with E-state index < -0.39 is 18.1 Å². The molecule has 0 saturated carbocycles. The number of nitriles is 1. The number of carbonyl (C=O) groups is 3. The van der Waals surface area contributed by atoms with Gasteiger partial charge in [0.2, 0.25) is 11.8 Å². The molecule has 0 aromatic heterocycles. The van der Waals surface area contributed by atoms with Gasteiger partial charge in [0.15, 0.2) is 0 Å². The molecule has 2 aliphatic rings. The van der Waals surface area contributed by atoms with Crippen LogP contribution in [0.2, 0.25) is 0 Å². The molecule has 11 heteroatoms. The molecule has 184 valence electrons. The van der Waals surface area contributed by atoms with Crippen LogP contribution in [-0.2, 0) is 14.3 Å². The Morgan fingerprint density at radius 3 is 2.53 bits per heavy atom. The standard InChI is InChI=1S/C23H32N6O5/c1-16-12-17(13-24)4-6-19(16)27-8-10-28(11-9-27)22(31)18-5-7-20(26(2)21(30)15-34-3)29(14-18)23(32)25-33/h4,6,12,18,20,33H,5,7-11,14-15H2,1-3H3,(H,25,32)/t18-,20+/m1/s1. The Balaban J connectivity index is 1.63. The predicted molar refractivity (Wildman–Crippen MR) is 123 cm³/mol. The van der Waals surface area contributed by atoms with E-state index in [1.807, 2.05) is 24.0 Å². The summed E-state index contributed by atoms with van der Waals surface area (Å²) in [5.41, 5.74) is 4.33. The maximum atomic E-state index is 13.3. The van der Waals surface area contributed by atoms with Crippen molar-refractivity contribution in [2.24, 2.45) is 5.92 Å². The van der Waals surface area contributed by atoms with Crippen molar-refractivity contribution in [3.8, 4) is 6.07 Å². The molecule has 1 aromatic rings. The average molecular weight is 473 g/mol. The fraction of sp³-hybridized carbons (Fsp3) is 0.565. The van der Waals surface area contributed by atoms with E-state index in [0.29, 0.717) is 44.6 Å². The smallest absolute Gasteiger partial charge is 0.342 e. The van der Waals surface area contributed by atoms with Crippen molar-refractivity contribution in [3.05, 3.63) is 29.3 Å². The summed E-state index contributed by atoms with van der Waals surface area (Å²) in [6, 6.07) is 7.00. The van der Waals surface area contributed by atoms with Gasteiger partial charge in [-0.05, 0) is 43.5 Å². The van der Waals surface area contributed by atoms with E-state index in [1.165, 1.54) is 16.9 Å². The Hall–Kier alpha value is -3.36. The molecule has 2 saturated heterocycles. The fourth-order valence-electron chi connectivity index (χ4n) is 4.74. The molecular formula is C23H32N6O5. The molecule has 2 aliphatic heterocycles. The first kappa shape index (κ1) is 25.3. The highest BCUT2D eigenvalue weighted by atomic mass is 16.5. The molecule has 3 rings (SSSR count). The van der Waals surface area contributed by atoms with Crippen LogP contribution in [0.25, 0.3) is 0 Å². The molecule has 34 heavy (non-hydrogen) atoms. The van der Waals surface area contributed by atoms with Crippen molar-refractivity contribution in [1.82, 2.24) is 20.2 Å². The van der Waals surface area contributed by atoms with Crippen LogP contribution >= 0.6 is 0 Å². The van der Waals surface area contributed by atoms with Crippen LogP contribution in [0.4, 0.5) is 10.5 Å². The first-order chi connectivity index (χ1) is 16.3. The predicted octanol–water partition coefficient (Wildman–Crippen LogP) is 0.757. The number of rotatable bonds is 5. The molecule has 1 aromatic carbocycles. The molecule has 2 N–H and O–H groups in total. The molecular weight excluding hydrogens is 440 g/mol. The van der Waals surface area contributed by atoms with Gasteiger partial charge >= 0.3 is 6.03 Å². The lowest BCUT2D eigenvalue weighted by Gasteiger charge is -2.44. The number of hydroxylamine groups is 1. The molecule has 2 heterocycles. The van der Waals surface area contributed by atoms with E-state index in [1.54, 1.807) is 18.6 Å². The lowest BCUT2D eigenvalue weighted by molar-refractivity contribution is -0.143. The van der Waals surface area contributed by atoms with E-state index in [9.17, 15) is 19.6 Å². The van der Waals surface area contributed by atoms with E-state index in [0.717, 1.165) is 11.3 Å². The summed E-state index contributed by atoms with van der Waals surface area (Å²) in [7, 11) is 3.00. The number of nitrogens with one attached hydrogen (secondary N) is 1. The van der Waals surface area contributed by atoms with Crippen LogP contribution in [0, 0.1) is 24.2 Å². The van der Waals surface area contributed by atoms with Gasteiger partial charge in [0.05, 0.1) is 17.6 Å². The SMILES string of the molecule is COCC(=O)N(C)[C@@H]1CC[C@@H](C(=O)N2CCN(c3ccc(C#N)cc3C)CC2)CN1C(=O)NO. The van der Waals surface area contributed by atoms with Gasteiger partial charge in [0.25, 0.3) is 0 Å². The highest BCUT2D eigenvalue weighted by Crippen LogP contribution is 2.27. The summed E-state index contributed by atoms with van der Waals surface area (Å²) in [6.45, 7) is 4.41. The van der Waals surface area contributed by atoms with E-state index in [-0.39, 0.29) is 25.0 Å². The maximum Gasteiger partial charge on any atom is 0.342 e. The van der Waals surface area contributed by atoms with Crippen molar-refractivity contribution < 1.29 is 24.3 Å². The Morgan fingerprint density at radius 2 is 1.94 bits per heavy atom. The number of benzene rings is 1. The number of piperazine rings is 1. The maximum absolute atomic E-state index is 13.3. The lowest BCUT2D eigenvalue weighted by atomic mass is 9.93. The van der Waals surface area contributed by atoms with Crippen molar-refractivity contribution in [1.29, 1.82) is 5.26 Å². The molecule has 2 fully saturated rings. The van der Waals surface area contributed by atoms with E-state index in [4.69, 9.17) is 10.00 Å². The number of nitrogens with zero attached hydrogens (tertiary/aromatic N) is 5. The minimum Gasteiger partial charge on any atom is -0.375 e. The van der Waals surface area contributed by atoms with Crippen LogP contribution in [0.15, 0.2) is 18.2 Å². The second-order valence-electron chi connectivity index (χ2n) is 8.69. The van der Waals surface area contributed by atoms with Gasteiger partial charge in [0.1, 0.15) is 12.8 Å². The molecule has 0 radical (unpaired) electrons. The Kier molecular flexibility index (Phi) is 8.31. The van der Waals surface area contributed by atoms with Gasteiger partial charge < -0.3 is 24.3 Å². The summed E-state index contributed by atoms with van der Waals surface area (Å²) >= 11 is 0. The van der Waals surface area contributed by atoms with Crippen molar-refractivity contribution in [2.45, 2.75) is 25.9 Å². The number of piperidine rings is 1. The van der Waals surface area contributed by atoms with Crippen molar-refractivity contribution in [2.75, 3.05) is 58.4 Å². The van der Waals surface area contributed by atoms with Gasteiger partial charge in [-0.25, -0.2) is 10.3 Å². The first-order valence-electron chi connectivity index (χ1n) is 11.3. The second kappa shape index (κ2) is 11.2. The molecule has 0 bridgehead atoms. The molecule has 0 spiro atoms. The summed E-state index contributed by atoms with van der Waals surface area (Å²) in [5, 5.41) is 18.3. The zero-order valence-corrected chi connectivity index (χ0v) is 19.9. The van der Waals surface area contributed by atoms with Gasteiger partial charge in [-0.2, -0.15) is 5.26 Å². The minimum atomic E-state index is -0.749. The number of hydrogen-bond donors (Lipinski definition) is 2. The molecule has 11 nitrogen and oxygen atoms in total. The summed E-state index contributed by atoms with van der Waals surface area (Å²) < 4.78 is 4.90. The van der Waals surface area contributed by atoms with Gasteiger partial charge in [-0.1, -0.05) is 0 Å². The third-order valence-electron chi connectivity index (χ3n) is 6.62. The number of methoxy groups -OCH3 is 1. The van der Waals surface area contributed by atoms with Gasteiger partial charge in [-0.3, -0.25) is 14.8 Å². The number of amides is 4. The number of urea groups is 1. The number of ether oxygens (including phenoxy) is 1. The second-order valence-corrected chi connectivity index (χ2v) is 8.69. The Morgan fingerprint density at radius 1 is 1.24 bits per heavy atom. The summed E-state index contributed by atoms with van der Waals surface area (Å²) in [5.74, 6) is -0.735. The van der Waals surface area contributed by atoms with Crippen LogP contribution in [0.5, 0.6) is 0 Å². The molecule has 0 unspecified atom stereocenters. The summed E-state index contributed by atoms with van der Waals surface area (Å²) in [4.78, 5) is 44.6. The van der Waals surface area contributed by atoms with Crippen LogP contribution in [0.1, 0.15) is 24.0 Å². The summed E-state index contributed by atoms with van der Waals surface area (Å²) in [6.07, 6.45) is 0.369. The molecule has 2 atom stereocenters. The third-order valence-corrected chi connectivity index (χ3v) is 6.62. The minimum absolute atomic E-state index is 0.0312. The zero-order valence-electron chi connectivity index (χ0n) is 19.9. The number of likely N-dealkylation sites (tertiary alicyclic amines) is 1. The van der Waals surface area contributed by atoms with E-state index in [2.05, 4.69) is 11.0 Å². The first-order valence-corrected chi connectivity index (χ1v) is 11.3. The normalized spacial score (nSPS) is 20.5. The van der Waals surface area contributed by atoms with Crippen molar-refractivity contribution >= 4 is 23.5 Å². The highest BCUT2D eigenvalue weighted by molar-refractivity contribution is 5.82. The number of carbonyl (C=O) groups excluding carboxylic acids is 3. The van der Waals surface area contributed by atoms with E-state index >= 15 is 0 Å². The number of aryl methyl sites for hydroxylation is 1. The average Bonchev–Trinajstić information content (AvgIpc) is 2.87. The zero-order chi connectivity index (χ0) is 24.8. The lowest BCUT2D eigenvalue weighted by Crippen LogP contribution is -2.60. The van der Waals surface area contributed by atoms with Crippen molar-refractivity contribution in [3.63, 3.8) is 0 Å². The quantitative estimate of drug-likeness (QED) is 0.478. The monoisotopic (exact) mass is 472 g/mol. The third kappa shape index (κ3) is 5.40. The van der Waals surface area contributed by atoms with Crippen LogP contribution < -0.4 is 10.4 Å².